The van der Waals surface area contributed by atoms with Gasteiger partial charge in [-0.1, -0.05) is 61.5 Å². The van der Waals surface area contributed by atoms with Gasteiger partial charge in [0.2, 0.25) is 11.8 Å². The molecule has 0 fully saturated rings. The summed E-state index contributed by atoms with van der Waals surface area (Å²) in [5.41, 5.74) is 2.54. The Hall–Kier alpha value is -4.40. The number of para-hydroxylation sites is 1. The van der Waals surface area contributed by atoms with Crippen molar-refractivity contribution in [3.8, 4) is 11.5 Å². The lowest BCUT2D eigenvalue weighted by molar-refractivity contribution is -0.127. The Morgan fingerprint density at radius 1 is 0.947 bits per heavy atom. The quantitative estimate of drug-likeness (QED) is 0.318. The van der Waals surface area contributed by atoms with Crippen molar-refractivity contribution in [2.24, 2.45) is 5.92 Å². The van der Waals surface area contributed by atoms with Crippen LogP contribution in [0.2, 0.25) is 0 Å². The van der Waals surface area contributed by atoms with Gasteiger partial charge in [0.15, 0.2) is 0 Å². The Morgan fingerprint density at radius 2 is 1.61 bits per heavy atom. The third kappa shape index (κ3) is 6.11. The Kier molecular flexibility index (Phi) is 8.58. The van der Waals surface area contributed by atoms with Crippen LogP contribution in [0.25, 0.3) is 11.0 Å². The van der Waals surface area contributed by atoms with E-state index in [-0.39, 0.29) is 18.4 Å². The predicted octanol–water partition coefficient (Wildman–Crippen LogP) is 4.39. The van der Waals surface area contributed by atoms with E-state index in [1.807, 2.05) is 54.6 Å². The molecule has 2 amide bonds. The smallest absolute Gasteiger partial charge is 0.249 e. The molecule has 0 aliphatic carbocycles. The van der Waals surface area contributed by atoms with Crippen molar-refractivity contribution >= 4 is 28.5 Å². The molecule has 0 saturated carbocycles. The molecule has 3 aromatic carbocycles. The van der Waals surface area contributed by atoms with E-state index >= 15 is 0 Å². The van der Waals surface area contributed by atoms with Crippen LogP contribution in [-0.2, 0) is 16.1 Å². The zero-order valence-electron chi connectivity index (χ0n) is 22.1. The summed E-state index contributed by atoms with van der Waals surface area (Å²) in [6.07, 6.45) is 0.819. The molecule has 0 spiro atoms. The first-order valence-corrected chi connectivity index (χ1v) is 12.6. The summed E-state index contributed by atoms with van der Waals surface area (Å²) in [7, 11) is 3.08. The molecule has 9 nitrogen and oxygen atoms in total. The molecular formula is C29H33N5O4. The molecule has 4 rings (SSSR count). The van der Waals surface area contributed by atoms with Crippen LogP contribution in [0, 0.1) is 5.92 Å². The van der Waals surface area contributed by atoms with Gasteiger partial charge in [0, 0.05) is 24.7 Å². The van der Waals surface area contributed by atoms with Gasteiger partial charge in [-0.3, -0.25) is 14.5 Å². The van der Waals surface area contributed by atoms with E-state index in [4.69, 9.17) is 9.47 Å². The minimum Gasteiger partial charge on any atom is -0.497 e. The van der Waals surface area contributed by atoms with E-state index < -0.39 is 6.04 Å². The number of ether oxygens (including phenoxy) is 2. The molecule has 0 saturated heterocycles. The SMILES string of the molecule is COc1cc(OC)cc(N(C(=O)Cn2nnc3ccccc32)[C@@H](C(=O)NCCC(C)C)c2ccccc2)c1. The third-order valence-corrected chi connectivity index (χ3v) is 6.23. The molecule has 1 aromatic heterocycles. The molecule has 0 aliphatic heterocycles. The highest BCUT2D eigenvalue weighted by molar-refractivity contribution is 6.01. The van der Waals surface area contributed by atoms with E-state index in [0.717, 1.165) is 11.9 Å². The first kappa shape index (κ1) is 26.7. The minimum absolute atomic E-state index is 0.122. The van der Waals surface area contributed by atoms with Crippen LogP contribution in [0.5, 0.6) is 11.5 Å². The number of carbonyl (C=O) groups excluding carboxylic acids is 2. The van der Waals surface area contributed by atoms with Crippen LogP contribution in [0.1, 0.15) is 31.9 Å². The fourth-order valence-corrected chi connectivity index (χ4v) is 4.24. The first-order chi connectivity index (χ1) is 18.4. The van der Waals surface area contributed by atoms with Gasteiger partial charge < -0.3 is 14.8 Å². The molecule has 0 radical (unpaired) electrons. The van der Waals surface area contributed by atoms with Crippen LogP contribution >= 0.6 is 0 Å². The second-order valence-electron chi connectivity index (χ2n) is 9.36. The molecule has 1 atom stereocenters. The summed E-state index contributed by atoms with van der Waals surface area (Å²) in [6.45, 7) is 4.57. The summed E-state index contributed by atoms with van der Waals surface area (Å²) in [5.74, 6) is 0.788. The number of hydrogen-bond donors (Lipinski definition) is 1. The number of methoxy groups -OCH3 is 2. The molecule has 1 N–H and O–H groups in total. The fourth-order valence-electron chi connectivity index (χ4n) is 4.24. The summed E-state index contributed by atoms with van der Waals surface area (Å²) >= 11 is 0. The van der Waals surface area contributed by atoms with Gasteiger partial charge >= 0.3 is 0 Å². The number of carbonyl (C=O) groups is 2. The topological polar surface area (TPSA) is 98.6 Å². The normalized spacial score (nSPS) is 11.8. The molecule has 198 valence electrons. The highest BCUT2D eigenvalue weighted by atomic mass is 16.5. The lowest BCUT2D eigenvalue weighted by atomic mass is 10.0. The largest absolute Gasteiger partial charge is 0.497 e. The van der Waals surface area contributed by atoms with Gasteiger partial charge in [-0.15, -0.1) is 5.10 Å². The van der Waals surface area contributed by atoms with Crippen LogP contribution in [0.4, 0.5) is 5.69 Å². The number of fused-ring (bicyclic) bond motifs is 1. The molecule has 0 aliphatic rings. The second-order valence-corrected chi connectivity index (χ2v) is 9.36. The van der Waals surface area contributed by atoms with E-state index in [1.54, 1.807) is 37.1 Å². The van der Waals surface area contributed by atoms with Gasteiger partial charge in [-0.05, 0) is 30.0 Å². The van der Waals surface area contributed by atoms with E-state index in [1.165, 1.54) is 4.90 Å². The molecule has 38 heavy (non-hydrogen) atoms. The number of amides is 2. The molecule has 0 bridgehead atoms. The van der Waals surface area contributed by atoms with Crippen molar-refractivity contribution in [2.45, 2.75) is 32.9 Å². The number of nitrogens with one attached hydrogen (secondary N) is 1. The monoisotopic (exact) mass is 515 g/mol. The highest BCUT2D eigenvalue weighted by Crippen LogP contribution is 2.34. The zero-order chi connectivity index (χ0) is 27.1. The maximum Gasteiger partial charge on any atom is 0.249 e. The van der Waals surface area contributed by atoms with E-state index in [2.05, 4.69) is 29.5 Å². The van der Waals surface area contributed by atoms with Crippen molar-refractivity contribution in [1.82, 2.24) is 20.3 Å². The lowest BCUT2D eigenvalue weighted by Gasteiger charge is -2.32. The number of benzene rings is 3. The predicted molar refractivity (Wildman–Crippen MR) is 146 cm³/mol. The zero-order valence-corrected chi connectivity index (χ0v) is 22.1. The van der Waals surface area contributed by atoms with Gasteiger partial charge in [-0.2, -0.15) is 0 Å². The van der Waals surface area contributed by atoms with Crippen molar-refractivity contribution in [3.63, 3.8) is 0 Å². The maximum atomic E-state index is 14.1. The number of rotatable bonds is 11. The summed E-state index contributed by atoms with van der Waals surface area (Å²) < 4.78 is 12.5. The van der Waals surface area contributed by atoms with E-state index in [9.17, 15) is 9.59 Å². The lowest BCUT2D eigenvalue weighted by Crippen LogP contribution is -2.45. The Bertz CT molecular complexity index is 1360. The van der Waals surface area contributed by atoms with Crippen LogP contribution in [-0.4, -0.2) is 47.6 Å². The molecule has 1 heterocycles. The van der Waals surface area contributed by atoms with Crippen molar-refractivity contribution in [2.75, 3.05) is 25.7 Å². The summed E-state index contributed by atoms with van der Waals surface area (Å²) in [6, 6.07) is 20.9. The molecular weight excluding hydrogens is 482 g/mol. The maximum absolute atomic E-state index is 14.1. The van der Waals surface area contributed by atoms with Crippen LogP contribution < -0.4 is 19.7 Å². The minimum atomic E-state index is -0.942. The van der Waals surface area contributed by atoms with Crippen molar-refractivity contribution in [1.29, 1.82) is 0 Å². The third-order valence-electron chi connectivity index (χ3n) is 6.23. The van der Waals surface area contributed by atoms with Gasteiger partial charge in [0.1, 0.15) is 29.6 Å². The number of anilines is 1. The highest BCUT2D eigenvalue weighted by Gasteiger charge is 2.33. The number of aromatic nitrogens is 3. The van der Waals surface area contributed by atoms with Crippen molar-refractivity contribution in [3.05, 3.63) is 78.4 Å². The number of hydrogen-bond acceptors (Lipinski definition) is 6. The van der Waals surface area contributed by atoms with Gasteiger partial charge in [0.25, 0.3) is 0 Å². The Morgan fingerprint density at radius 3 is 2.26 bits per heavy atom. The van der Waals surface area contributed by atoms with Gasteiger partial charge in [-0.25, -0.2) is 4.68 Å². The standard InChI is InChI=1S/C29H33N5O4/c1-20(2)14-15-30-29(36)28(21-10-6-5-7-11-21)34(22-16-23(37-3)18-24(17-22)38-4)27(35)19-33-26-13-9-8-12-25(26)31-32-33/h5-13,16-18,20,28H,14-15,19H2,1-4H3,(H,30,36)/t28-/m1/s1. The average molecular weight is 516 g/mol. The van der Waals surface area contributed by atoms with Crippen molar-refractivity contribution < 1.29 is 19.1 Å². The molecule has 9 heteroatoms. The number of nitrogens with zero attached hydrogens (tertiary/aromatic N) is 4. The summed E-state index contributed by atoms with van der Waals surface area (Å²) in [5, 5.41) is 11.4. The Balaban J connectivity index is 1.81. The second kappa shape index (κ2) is 12.2. The molecule has 4 aromatic rings. The van der Waals surface area contributed by atoms with Crippen LogP contribution in [0.15, 0.2) is 72.8 Å². The van der Waals surface area contributed by atoms with Crippen LogP contribution in [0.3, 0.4) is 0 Å². The first-order valence-electron chi connectivity index (χ1n) is 12.6. The average Bonchev–Trinajstić information content (AvgIpc) is 3.33. The summed E-state index contributed by atoms with van der Waals surface area (Å²) in [4.78, 5) is 29.4. The Labute approximate surface area is 222 Å². The fraction of sp³-hybridized carbons (Fsp3) is 0.310. The molecule has 0 unspecified atom stereocenters. The van der Waals surface area contributed by atoms with Gasteiger partial charge in [0.05, 0.1) is 25.4 Å². The van der Waals surface area contributed by atoms with E-state index in [0.29, 0.717) is 40.7 Å².